The third-order valence-electron chi connectivity index (χ3n) is 5.26. The Kier molecular flexibility index (Phi) is 6.58. The molecule has 0 fully saturated rings. The topological polar surface area (TPSA) is 73.1 Å². The molecule has 2 aromatic carbocycles. The van der Waals surface area contributed by atoms with Gasteiger partial charge in [-0.15, -0.1) is 11.3 Å². The maximum Gasteiger partial charge on any atom is 0.336 e. The average Bonchev–Trinajstić information content (AvgIpc) is 3.27. The van der Waals surface area contributed by atoms with Gasteiger partial charge in [0.15, 0.2) is 0 Å². The smallest absolute Gasteiger partial charge is 0.336 e. The van der Waals surface area contributed by atoms with Crippen LogP contribution in [0.2, 0.25) is 5.02 Å². The summed E-state index contributed by atoms with van der Waals surface area (Å²) in [5, 5.41) is 5.21. The number of thiophene rings is 1. The molecule has 6 nitrogen and oxygen atoms in total. The van der Waals surface area contributed by atoms with Crippen molar-refractivity contribution in [3.8, 4) is 5.69 Å². The molecule has 164 valence electrons. The van der Waals surface area contributed by atoms with Gasteiger partial charge in [-0.05, 0) is 61.0 Å². The van der Waals surface area contributed by atoms with E-state index in [9.17, 15) is 14.4 Å². The van der Waals surface area contributed by atoms with E-state index in [2.05, 4.69) is 17.4 Å². The van der Waals surface area contributed by atoms with Crippen molar-refractivity contribution in [3.05, 3.63) is 97.5 Å². The van der Waals surface area contributed by atoms with Crippen molar-refractivity contribution in [2.75, 3.05) is 0 Å². The molecule has 1 N–H and O–H groups in total. The van der Waals surface area contributed by atoms with E-state index >= 15 is 0 Å². The summed E-state index contributed by atoms with van der Waals surface area (Å²) in [7, 11) is 0. The van der Waals surface area contributed by atoms with Crippen molar-refractivity contribution in [3.63, 3.8) is 0 Å². The minimum Gasteiger partial charge on any atom is -0.352 e. The minimum absolute atomic E-state index is 0.0569. The lowest BCUT2D eigenvalue weighted by Crippen LogP contribution is -2.43. The zero-order valence-electron chi connectivity index (χ0n) is 17.5. The van der Waals surface area contributed by atoms with Crippen LogP contribution in [-0.2, 0) is 17.8 Å². The highest BCUT2D eigenvalue weighted by molar-refractivity contribution is 7.17. The zero-order valence-corrected chi connectivity index (χ0v) is 19.0. The largest absolute Gasteiger partial charge is 0.352 e. The van der Waals surface area contributed by atoms with Crippen LogP contribution in [0.4, 0.5) is 0 Å². The molecule has 0 radical (unpaired) electrons. The molecule has 0 aliphatic heterocycles. The van der Waals surface area contributed by atoms with Gasteiger partial charge in [-0.2, -0.15) is 0 Å². The lowest BCUT2D eigenvalue weighted by molar-refractivity contribution is -0.122. The molecule has 2 heterocycles. The third kappa shape index (κ3) is 4.69. The molecule has 0 unspecified atom stereocenters. The molecule has 0 bridgehead atoms. The van der Waals surface area contributed by atoms with Crippen LogP contribution >= 0.6 is 22.9 Å². The van der Waals surface area contributed by atoms with E-state index in [0.29, 0.717) is 20.9 Å². The number of fused-ring (bicyclic) bond motifs is 1. The number of aromatic nitrogens is 2. The summed E-state index contributed by atoms with van der Waals surface area (Å²) in [5.41, 5.74) is 1.11. The highest BCUT2D eigenvalue weighted by Gasteiger charge is 2.18. The summed E-state index contributed by atoms with van der Waals surface area (Å²) in [6, 6.07) is 18.2. The van der Waals surface area contributed by atoms with Gasteiger partial charge >= 0.3 is 5.69 Å². The van der Waals surface area contributed by atoms with Crippen molar-refractivity contribution < 1.29 is 4.79 Å². The Balaban J connectivity index is 1.58. The van der Waals surface area contributed by atoms with Gasteiger partial charge in [-0.25, -0.2) is 9.36 Å². The molecule has 0 saturated heterocycles. The monoisotopic (exact) mass is 467 g/mol. The van der Waals surface area contributed by atoms with Crippen LogP contribution in [0.25, 0.3) is 15.9 Å². The molecule has 0 aliphatic carbocycles. The van der Waals surface area contributed by atoms with Crippen molar-refractivity contribution in [2.45, 2.75) is 32.4 Å². The lowest BCUT2D eigenvalue weighted by atomic mass is 10.1. The van der Waals surface area contributed by atoms with Gasteiger partial charge in [0.25, 0.3) is 5.56 Å². The second-order valence-electron chi connectivity index (χ2n) is 7.61. The molecule has 1 atom stereocenters. The predicted molar refractivity (Wildman–Crippen MR) is 129 cm³/mol. The maximum absolute atomic E-state index is 13.2. The number of carbonyl (C=O) groups excluding carboxylic acids is 1. The normalized spacial score (nSPS) is 12.1. The number of amides is 1. The molecule has 4 rings (SSSR count). The molecular weight excluding hydrogens is 446 g/mol. The Hall–Kier alpha value is -3.16. The fraction of sp³-hybridized carbons (Fsp3) is 0.208. The lowest BCUT2D eigenvalue weighted by Gasteiger charge is -2.16. The Morgan fingerprint density at radius 3 is 2.50 bits per heavy atom. The predicted octanol–water partition coefficient (Wildman–Crippen LogP) is 4.00. The number of hydrogen-bond acceptors (Lipinski definition) is 4. The van der Waals surface area contributed by atoms with Crippen LogP contribution in [0.5, 0.6) is 0 Å². The Morgan fingerprint density at radius 2 is 1.78 bits per heavy atom. The number of hydrogen-bond donors (Lipinski definition) is 1. The molecule has 0 saturated carbocycles. The highest BCUT2D eigenvalue weighted by atomic mass is 35.5. The summed E-state index contributed by atoms with van der Waals surface area (Å²) < 4.78 is 2.85. The number of benzene rings is 2. The summed E-state index contributed by atoms with van der Waals surface area (Å²) in [6.45, 7) is 1.77. The van der Waals surface area contributed by atoms with E-state index in [0.717, 1.165) is 17.4 Å². The maximum atomic E-state index is 13.2. The summed E-state index contributed by atoms with van der Waals surface area (Å²) in [4.78, 5) is 39.0. The fourth-order valence-electron chi connectivity index (χ4n) is 3.62. The summed E-state index contributed by atoms with van der Waals surface area (Å²) in [6.07, 6.45) is 1.63. The zero-order chi connectivity index (χ0) is 22.7. The quantitative estimate of drug-likeness (QED) is 0.446. The van der Waals surface area contributed by atoms with Gasteiger partial charge < -0.3 is 5.32 Å². The van der Waals surface area contributed by atoms with E-state index in [1.807, 2.05) is 25.1 Å². The second-order valence-corrected chi connectivity index (χ2v) is 8.97. The van der Waals surface area contributed by atoms with Gasteiger partial charge in [0, 0.05) is 11.1 Å². The van der Waals surface area contributed by atoms with Crippen LogP contribution in [-0.4, -0.2) is 21.1 Å². The Bertz CT molecular complexity index is 1360. The number of aryl methyl sites for hydroxylation is 1. The molecule has 0 spiro atoms. The van der Waals surface area contributed by atoms with Gasteiger partial charge in [0.1, 0.15) is 11.2 Å². The third-order valence-corrected chi connectivity index (χ3v) is 6.40. The van der Waals surface area contributed by atoms with Crippen molar-refractivity contribution in [1.29, 1.82) is 0 Å². The van der Waals surface area contributed by atoms with Gasteiger partial charge in [0.2, 0.25) is 5.91 Å². The number of carbonyl (C=O) groups is 1. The Morgan fingerprint density at radius 1 is 1.06 bits per heavy atom. The minimum atomic E-state index is -0.560. The van der Waals surface area contributed by atoms with Gasteiger partial charge in [0.05, 0.1) is 11.2 Å². The van der Waals surface area contributed by atoms with Crippen LogP contribution < -0.4 is 16.6 Å². The number of nitrogens with zero attached hydrogens (tertiary/aromatic N) is 2. The molecule has 1 amide bonds. The van der Waals surface area contributed by atoms with Crippen LogP contribution in [0, 0.1) is 0 Å². The fourth-order valence-corrected chi connectivity index (χ4v) is 4.57. The van der Waals surface area contributed by atoms with Gasteiger partial charge in [-0.3, -0.25) is 14.2 Å². The molecule has 8 heteroatoms. The number of nitrogens with one attached hydrogen (secondary N) is 1. The SMILES string of the molecule is C[C@H](CCc1ccccc1)NC(=O)Cn1c(=O)n(-c2ccc(Cl)cc2)c(=O)c2sccc21. The van der Waals surface area contributed by atoms with E-state index in [1.165, 1.54) is 21.5 Å². The first-order valence-electron chi connectivity index (χ1n) is 10.3. The van der Waals surface area contributed by atoms with Crippen molar-refractivity contribution in [2.24, 2.45) is 0 Å². The average molecular weight is 468 g/mol. The van der Waals surface area contributed by atoms with Gasteiger partial charge in [-0.1, -0.05) is 41.9 Å². The number of halogens is 1. The molecule has 4 aromatic rings. The van der Waals surface area contributed by atoms with E-state index in [1.54, 1.807) is 35.7 Å². The molecular formula is C24H22ClN3O3S. The van der Waals surface area contributed by atoms with Crippen molar-refractivity contribution >= 4 is 39.1 Å². The van der Waals surface area contributed by atoms with Crippen LogP contribution in [0.1, 0.15) is 18.9 Å². The highest BCUT2D eigenvalue weighted by Crippen LogP contribution is 2.17. The molecule has 2 aromatic heterocycles. The Labute approximate surface area is 193 Å². The standard InChI is InChI=1S/C24H22ClN3O3S/c1-16(7-8-17-5-3-2-4-6-17)26-21(29)15-27-20-13-14-32-22(20)23(30)28(24(27)31)19-11-9-18(25)10-12-19/h2-6,9-14,16H,7-8,15H2,1H3,(H,26,29)/t16-/m1/s1. The van der Waals surface area contributed by atoms with E-state index in [-0.39, 0.29) is 18.5 Å². The number of rotatable bonds is 7. The van der Waals surface area contributed by atoms with E-state index in [4.69, 9.17) is 11.6 Å². The molecule has 32 heavy (non-hydrogen) atoms. The first-order valence-corrected chi connectivity index (χ1v) is 11.5. The van der Waals surface area contributed by atoms with Crippen LogP contribution in [0.15, 0.2) is 75.6 Å². The van der Waals surface area contributed by atoms with Crippen molar-refractivity contribution in [1.82, 2.24) is 14.5 Å². The summed E-state index contributed by atoms with van der Waals surface area (Å²) >= 11 is 7.19. The second kappa shape index (κ2) is 9.54. The van der Waals surface area contributed by atoms with E-state index < -0.39 is 11.2 Å². The first-order chi connectivity index (χ1) is 15.4. The summed E-state index contributed by atoms with van der Waals surface area (Å²) in [5.74, 6) is -0.276. The first kappa shape index (κ1) is 22.0. The van der Waals surface area contributed by atoms with Crippen LogP contribution in [0.3, 0.4) is 0 Å². The molecule has 0 aliphatic rings.